The Balaban J connectivity index is 0.000000198. The molecule has 20 heteroatoms. The Morgan fingerprint density at radius 3 is 2.47 bits per heavy atom. The second kappa shape index (κ2) is 13.8. The van der Waals surface area contributed by atoms with Crippen molar-refractivity contribution in [3.8, 4) is 5.75 Å². The van der Waals surface area contributed by atoms with Crippen molar-refractivity contribution in [1.29, 1.82) is 0 Å². The van der Waals surface area contributed by atoms with Gasteiger partial charge < -0.3 is 29.9 Å². The van der Waals surface area contributed by atoms with Gasteiger partial charge in [-0.25, -0.2) is 33.1 Å². The van der Waals surface area contributed by atoms with E-state index in [1.54, 1.807) is 23.7 Å². The highest BCUT2D eigenvalue weighted by Gasteiger charge is 2.23. The molecular weight excluding hydrogens is 655 g/mol. The molecule has 0 amide bonds. The van der Waals surface area contributed by atoms with Crippen LogP contribution in [0, 0.1) is 10.1 Å². The number of aromatic hydroxyl groups is 1. The lowest BCUT2D eigenvalue weighted by molar-refractivity contribution is -0.392. The SMILES string of the molecule is Cn1cnc([N+](=O)[O-])c1Sc1ncnc2nc[nH]c12.O=C(O)c1cc(N=Nc2ccc(S(=O)(=O)Nc3ccccn3)cc2)ccc1O. The van der Waals surface area contributed by atoms with Crippen molar-refractivity contribution < 1.29 is 28.3 Å². The first-order valence-electron chi connectivity index (χ1n) is 13.0. The summed E-state index contributed by atoms with van der Waals surface area (Å²) in [4.78, 5) is 44.1. The molecule has 238 valence electrons. The Hall–Kier alpha value is -6.28. The summed E-state index contributed by atoms with van der Waals surface area (Å²) in [6.07, 6.45) is 5.74. The van der Waals surface area contributed by atoms with Gasteiger partial charge in [-0.3, -0.25) is 4.72 Å². The van der Waals surface area contributed by atoms with Gasteiger partial charge in [0.15, 0.2) is 10.7 Å². The lowest BCUT2D eigenvalue weighted by Crippen LogP contribution is -2.13. The number of imidazole rings is 2. The van der Waals surface area contributed by atoms with E-state index in [0.717, 1.165) is 11.8 Å². The van der Waals surface area contributed by atoms with Gasteiger partial charge in [-0.15, -0.1) is 0 Å². The molecule has 0 aliphatic carbocycles. The molecule has 4 N–H and O–H groups in total. The van der Waals surface area contributed by atoms with Gasteiger partial charge in [-0.1, -0.05) is 6.07 Å². The van der Waals surface area contributed by atoms with Crippen molar-refractivity contribution in [2.75, 3.05) is 4.72 Å². The third-order valence-electron chi connectivity index (χ3n) is 5.96. The van der Waals surface area contributed by atoms with Crippen LogP contribution in [0.4, 0.5) is 23.0 Å². The number of H-pyrrole nitrogens is 1. The fourth-order valence-corrected chi connectivity index (χ4v) is 5.70. The van der Waals surface area contributed by atoms with Crippen LogP contribution >= 0.6 is 11.8 Å². The first kappa shape index (κ1) is 32.1. The number of nitro groups is 1. The molecule has 0 spiro atoms. The van der Waals surface area contributed by atoms with E-state index < -0.39 is 20.9 Å². The van der Waals surface area contributed by atoms with Gasteiger partial charge in [0.25, 0.3) is 10.0 Å². The number of phenols is 1. The van der Waals surface area contributed by atoms with Gasteiger partial charge >= 0.3 is 11.8 Å². The molecule has 0 saturated carbocycles. The third kappa shape index (κ3) is 7.69. The summed E-state index contributed by atoms with van der Waals surface area (Å²) in [5.74, 6) is -1.66. The smallest absolute Gasteiger partial charge is 0.396 e. The third-order valence-corrected chi connectivity index (χ3v) is 8.50. The number of hydrogen-bond acceptors (Lipinski definition) is 14. The monoisotopic (exact) mass is 675 g/mol. The number of aryl methyl sites for hydroxylation is 1. The van der Waals surface area contributed by atoms with Crippen molar-refractivity contribution >= 4 is 61.9 Å². The first-order valence-corrected chi connectivity index (χ1v) is 15.3. The van der Waals surface area contributed by atoms with Crippen LogP contribution in [0.5, 0.6) is 5.75 Å². The number of anilines is 1. The normalized spacial score (nSPS) is 11.3. The number of aromatic amines is 1. The summed E-state index contributed by atoms with van der Waals surface area (Å²) >= 11 is 1.15. The Labute approximate surface area is 268 Å². The average Bonchev–Trinajstić information content (AvgIpc) is 3.69. The van der Waals surface area contributed by atoms with Crippen molar-refractivity contribution in [3.05, 3.63) is 102 Å². The highest BCUT2D eigenvalue weighted by Crippen LogP contribution is 2.34. The zero-order valence-electron chi connectivity index (χ0n) is 23.9. The largest absolute Gasteiger partial charge is 0.507 e. The molecule has 0 bridgehead atoms. The van der Waals surface area contributed by atoms with Crippen LogP contribution in [0.15, 0.2) is 111 Å². The van der Waals surface area contributed by atoms with Crippen LogP contribution in [-0.2, 0) is 17.1 Å². The van der Waals surface area contributed by atoms with Crippen molar-refractivity contribution in [1.82, 2.24) is 34.5 Å². The predicted molar refractivity (Wildman–Crippen MR) is 166 cm³/mol. The molecule has 0 aliphatic heterocycles. The zero-order valence-corrected chi connectivity index (χ0v) is 25.5. The molecule has 6 rings (SSSR count). The van der Waals surface area contributed by atoms with Gasteiger partial charge in [-0.2, -0.15) is 10.2 Å². The summed E-state index contributed by atoms with van der Waals surface area (Å²) in [5, 5.41) is 38.2. The molecule has 0 radical (unpaired) electrons. The molecule has 0 saturated heterocycles. The molecule has 18 nitrogen and oxygen atoms in total. The minimum atomic E-state index is -3.79. The Morgan fingerprint density at radius 1 is 1.02 bits per heavy atom. The number of rotatable bonds is 9. The first-order chi connectivity index (χ1) is 22.5. The number of fused-ring (bicyclic) bond motifs is 1. The number of nitrogens with zero attached hydrogens (tertiary/aromatic N) is 9. The van der Waals surface area contributed by atoms with Gasteiger partial charge in [0.1, 0.15) is 34.0 Å². The van der Waals surface area contributed by atoms with Crippen LogP contribution in [0.3, 0.4) is 0 Å². The van der Waals surface area contributed by atoms with Crippen molar-refractivity contribution in [3.63, 3.8) is 0 Å². The van der Waals surface area contributed by atoms with Gasteiger partial charge in [0.2, 0.25) is 6.33 Å². The van der Waals surface area contributed by atoms with Crippen LogP contribution in [0.2, 0.25) is 0 Å². The van der Waals surface area contributed by atoms with Crippen LogP contribution in [0.1, 0.15) is 10.4 Å². The number of pyridine rings is 1. The van der Waals surface area contributed by atoms with Gasteiger partial charge in [0, 0.05) is 13.2 Å². The Bertz CT molecular complexity index is 2210. The molecule has 6 aromatic rings. The van der Waals surface area contributed by atoms with Crippen LogP contribution < -0.4 is 4.72 Å². The highest BCUT2D eigenvalue weighted by atomic mass is 32.2. The molecule has 0 fully saturated rings. The number of aromatic nitrogens is 7. The summed E-state index contributed by atoms with van der Waals surface area (Å²) in [5.41, 5.74) is 1.45. The van der Waals surface area contributed by atoms with E-state index in [-0.39, 0.29) is 33.5 Å². The van der Waals surface area contributed by atoms with Gasteiger partial charge in [-0.05, 0) is 76.3 Å². The van der Waals surface area contributed by atoms with Crippen molar-refractivity contribution in [2.45, 2.75) is 14.9 Å². The maximum absolute atomic E-state index is 12.3. The molecule has 0 atom stereocenters. The molecule has 0 unspecified atom stereocenters. The number of carboxylic acid groups (broad SMARTS) is 1. The maximum atomic E-state index is 12.3. The zero-order chi connectivity index (χ0) is 33.6. The molecule has 4 heterocycles. The summed E-state index contributed by atoms with van der Waals surface area (Å²) < 4.78 is 28.6. The molecule has 2 aromatic carbocycles. The van der Waals surface area contributed by atoms with E-state index in [2.05, 4.69) is 44.9 Å². The highest BCUT2D eigenvalue weighted by molar-refractivity contribution is 7.99. The number of azo groups is 1. The van der Waals surface area contributed by atoms with Crippen LogP contribution in [0.25, 0.3) is 11.2 Å². The minimum Gasteiger partial charge on any atom is -0.507 e. The molecule has 47 heavy (non-hydrogen) atoms. The maximum Gasteiger partial charge on any atom is 0.396 e. The van der Waals surface area contributed by atoms with E-state index >= 15 is 0 Å². The predicted octanol–water partition coefficient (Wildman–Crippen LogP) is 4.85. The summed E-state index contributed by atoms with van der Waals surface area (Å²) in [6, 6.07) is 14.3. The number of carboxylic acids is 1. The second-order valence-electron chi connectivity index (χ2n) is 9.14. The summed E-state index contributed by atoms with van der Waals surface area (Å²) in [7, 11) is -2.11. The fourth-order valence-electron chi connectivity index (χ4n) is 3.75. The molecule has 0 aliphatic rings. The number of benzene rings is 2. The Morgan fingerprint density at radius 2 is 1.77 bits per heavy atom. The number of aromatic carboxylic acids is 1. The average molecular weight is 676 g/mol. The minimum absolute atomic E-state index is 0.0231. The summed E-state index contributed by atoms with van der Waals surface area (Å²) in [6.45, 7) is 0. The molecular formula is C27H21N11O7S2. The topological polar surface area (TPSA) is 257 Å². The van der Waals surface area contributed by atoms with E-state index in [9.17, 15) is 28.4 Å². The quantitative estimate of drug-likeness (QED) is 0.0692. The van der Waals surface area contributed by atoms with Crippen molar-refractivity contribution in [2.24, 2.45) is 17.3 Å². The lowest BCUT2D eigenvalue weighted by atomic mass is 10.2. The number of nitrogens with one attached hydrogen (secondary N) is 2. The van der Waals surface area contributed by atoms with E-state index in [1.807, 2.05) is 0 Å². The number of hydrogen-bond donors (Lipinski definition) is 4. The van der Waals surface area contributed by atoms with Crippen LogP contribution in [-0.4, -0.2) is 64.0 Å². The lowest BCUT2D eigenvalue weighted by Gasteiger charge is -2.07. The molecule has 4 aromatic heterocycles. The fraction of sp³-hybridized carbons (Fsp3) is 0.0370. The van der Waals surface area contributed by atoms with E-state index in [0.29, 0.717) is 26.9 Å². The standard InChI is InChI=1S/C18H14N4O5S.C9H7N7O2S/c23-16-9-6-13(11-15(16)18(24)25)21-20-12-4-7-14(8-5-12)28(26,27)22-17-3-1-2-10-19-17;1-15-4-14-7(16(17)18)9(15)19-8-5-6(11-2-10-5)12-3-13-8/h1-11,23H,(H,19,22)(H,24,25);2-4H,1H3,(H,10,11,12,13). The van der Waals surface area contributed by atoms with Gasteiger partial charge in [0.05, 0.1) is 22.6 Å². The van der Waals surface area contributed by atoms with E-state index in [4.69, 9.17) is 5.11 Å². The Kier molecular flexibility index (Phi) is 9.42. The second-order valence-corrected chi connectivity index (χ2v) is 11.8. The van der Waals surface area contributed by atoms with E-state index in [1.165, 1.54) is 73.7 Å². The number of sulfonamides is 1. The number of carbonyl (C=O) groups is 1.